The number of hydrogen-bond donors (Lipinski definition) is 2. The number of fused-ring (bicyclic) bond motifs is 1. The SMILES string of the molecule is O=C1Nc2ccc([N+](=O)[O-])cc2OC1(O)C(F)(F)F. The molecular weight excluding hydrogens is 273 g/mol. The number of aliphatic hydroxyl groups is 1. The van der Waals surface area contributed by atoms with Crippen molar-refractivity contribution in [2.24, 2.45) is 0 Å². The molecular formula is C9H5F3N2O5. The van der Waals surface area contributed by atoms with Gasteiger partial charge >= 0.3 is 17.9 Å². The number of benzene rings is 1. The Hall–Kier alpha value is -2.36. The topological polar surface area (TPSA) is 102 Å². The highest BCUT2D eigenvalue weighted by atomic mass is 19.4. The number of alkyl halides is 3. The van der Waals surface area contributed by atoms with Crippen LogP contribution in [0.15, 0.2) is 18.2 Å². The Bertz CT molecular complexity index is 573. The van der Waals surface area contributed by atoms with E-state index >= 15 is 0 Å². The smallest absolute Gasteiger partial charge is 0.444 e. The molecule has 102 valence electrons. The molecule has 7 nitrogen and oxygen atoms in total. The quantitative estimate of drug-likeness (QED) is 0.593. The lowest BCUT2D eigenvalue weighted by Crippen LogP contribution is -2.60. The highest BCUT2D eigenvalue weighted by molar-refractivity contribution is 6.00. The van der Waals surface area contributed by atoms with Gasteiger partial charge in [0.1, 0.15) is 0 Å². The van der Waals surface area contributed by atoms with Crippen LogP contribution in [0.2, 0.25) is 0 Å². The van der Waals surface area contributed by atoms with Gasteiger partial charge in [-0.25, -0.2) is 0 Å². The minimum Gasteiger partial charge on any atom is -0.444 e. The van der Waals surface area contributed by atoms with Crippen molar-refractivity contribution in [3.8, 4) is 5.75 Å². The number of anilines is 1. The van der Waals surface area contributed by atoms with Crippen LogP contribution in [0, 0.1) is 10.1 Å². The van der Waals surface area contributed by atoms with Gasteiger partial charge < -0.3 is 15.2 Å². The number of non-ortho nitro benzene ring substituents is 1. The van der Waals surface area contributed by atoms with Gasteiger partial charge in [-0.05, 0) is 6.07 Å². The van der Waals surface area contributed by atoms with Crippen molar-refractivity contribution in [3.63, 3.8) is 0 Å². The zero-order valence-corrected chi connectivity index (χ0v) is 8.89. The fourth-order valence-corrected chi connectivity index (χ4v) is 1.41. The molecule has 0 aromatic heterocycles. The van der Waals surface area contributed by atoms with Gasteiger partial charge in [0, 0.05) is 6.07 Å². The first-order valence-corrected chi connectivity index (χ1v) is 4.73. The van der Waals surface area contributed by atoms with Crippen molar-refractivity contribution < 1.29 is 32.7 Å². The van der Waals surface area contributed by atoms with Crippen molar-refractivity contribution in [1.82, 2.24) is 0 Å². The van der Waals surface area contributed by atoms with Crippen molar-refractivity contribution in [1.29, 1.82) is 0 Å². The minimum absolute atomic E-state index is 0.204. The van der Waals surface area contributed by atoms with E-state index in [9.17, 15) is 33.2 Å². The van der Waals surface area contributed by atoms with Gasteiger partial charge in [0.25, 0.3) is 5.69 Å². The van der Waals surface area contributed by atoms with E-state index in [0.717, 1.165) is 12.1 Å². The zero-order chi connectivity index (χ0) is 14.4. The third kappa shape index (κ3) is 1.95. The third-order valence-corrected chi connectivity index (χ3v) is 2.37. The van der Waals surface area contributed by atoms with Crippen LogP contribution in [-0.2, 0) is 4.79 Å². The molecule has 1 unspecified atom stereocenters. The van der Waals surface area contributed by atoms with Crippen LogP contribution < -0.4 is 10.1 Å². The lowest BCUT2D eigenvalue weighted by molar-refractivity contribution is -0.385. The monoisotopic (exact) mass is 278 g/mol. The highest BCUT2D eigenvalue weighted by Crippen LogP contribution is 2.41. The standard InChI is InChI=1S/C9H5F3N2O5/c10-9(11,12)8(16)7(15)13-5-2-1-4(14(17)18)3-6(5)19-8/h1-3,16H,(H,13,15). The van der Waals surface area contributed by atoms with Gasteiger partial charge in [0.2, 0.25) is 0 Å². The van der Waals surface area contributed by atoms with E-state index in [2.05, 4.69) is 4.74 Å². The van der Waals surface area contributed by atoms with Crippen molar-refractivity contribution in [2.75, 3.05) is 5.32 Å². The second-order valence-electron chi connectivity index (χ2n) is 3.64. The van der Waals surface area contributed by atoms with E-state index < -0.39 is 34.2 Å². The number of nitro groups is 1. The molecule has 1 aromatic carbocycles. The van der Waals surface area contributed by atoms with Crippen LogP contribution in [0.1, 0.15) is 0 Å². The molecule has 2 N–H and O–H groups in total. The molecule has 0 aliphatic carbocycles. The fraction of sp³-hybridized carbons (Fsp3) is 0.222. The number of nitrogens with zero attached hydrogens (tertiary/aromatic N) is 1. The Kier molecular flexibility index (Phi) is 2.63. The van der Waals surface area contributed by atoms with Gasteiger partial charge in [-0.15, -0.1) is 0 Å². The predicted molar refractivity (Wildman–Crippen MR) is 53.4 cm³/mol. The maximum atomic E-state index is 12.6. The molecule has 1 aliphatic rings. The molecule has 1 aliphatic heterocycles. The van der Waals surface area contributed by atoms with Gasteiger partial charge in [0.15, 0.2) is 5.75 Å². The van der Waals surface area contributed by atoms with Gasteiger partial charge in [0.05, 0.1) is 16.7 Å². The zero-order valence-electron chi connectivity index (χ0n) is 8.89. The van der Waals surface area contributed by atoms with Crippen molar-refractivity contribution >= 4 is 17.3 Å². The van der Waals surface area contributed by atoms with Gasteiger partial charge in [-0.3, -0.25) is 14.9 Å². The van der Waals surface area contributed by atoms with Gasteiger partial charge in [-0.1, -0.05) is 0 Å². The number of nitro benzene ring substituents is 1. The number of nitrogens with one attached hydrogen (secondary N) is 1. The number of carbonyl (C=O) groups is 1. The summed E-state index contributed by atoms with van der Waals surface area (Å²) < 4.78 is 41.9. The van der Waals surface area contributed by atoms with E-state index in [4.69, 9.17) is 0 Å². The Labute approximate surface area is 102 Å². The summed E-state index contributed by atoms with van der Waals surface area (Å²) in [6.45, 7) is 0. The van der Waals surface area contributed by atoms with Crippen LogP contribution in [0.3, 0.4) is 0 Å². The molecule has 0 fully saturated rings. The summed E-state index contributed by atoms with van der Waals surface area (Å²) in [6.07, 6.45) is -5.39. The maximum Gasteiger partial charge on any atom is 0.465 e. The van der Waals surface area contributed by atoms with Crippen LogP contribution in [-0.4, -0.2) is 27.9 Å². The number of halogens is 3. The first-order chi connectivity index (χ1) is 8.65. The van der Waals surface area contributed by atoms with Crippen LogP contribution in [0.25, 0.3) is 0 Å². The van der Waals surface area contributed by atoms with E-state index in [1.165, 1.54) is 0 Å². The molecule has 0 bridgehead atoms. The van der Waals surface area contributed by atoms with E-state index in [0.29, 0.717) is 6.07 Å². The number of carbonyl (C=O) groups excluding carboxylic acids is 1. The third-order valence-electron chi connectivity index (χ3n) is 2.37. The molecule has 0 radical (unpaired) electrons. The molecule has 0 saturated heterocycles. The lowest BCUT2D eigenvalue weighted by Gasteiger charge is -2.33. The second-order valence-corrected chi connectivity index (χ2v) is 3.64. The van der Waals surface area contributed by atoms with E-state index in [1.807, 2.05) is 0 Å². The highest BCUT2D eigenvalue weighted by Gasteiger charge is 2.64. The lowest BCUT2D eigenvalue weighted by atomic mass is 10.1. The first kappa shape index (κ1) is 13.1. The average Bonchev–Trinajstić information content (AvgIpc) is 2.28. The maximum absolute atomic E-state index is 12.6. The molecule has 2 rings (SSSR count). The molecule has 0 spiro atoms. The average molecular weight is 278 g/mol. The Morgan fingerprint density at radius 2 is 2.05 bits per heavy atom. The van der Waals surface area contributed by atoms with Crippen LogP contribution in [0.4, 0.5) is 24.5 Å². The van der Waals surface area contributed by atoms with Crippen molar-refractivity contribution in [3.05, 3.63) is 28.3 Å². The molecule has 19 heavy (non-hydrogen) atoms. The van der Waals surface area contributed by atoms with Crippen molar-refractivity contribution in [2.45, 2.75) is 12.0 Å². The number of hydrogen-bond acceptors (Lipinski definition) is 5. The van der Waals surface area contributed by atoms with Crippen LogP contribution >= 0.6 is 0 Å². The number of rotatable bonds is 1. The van der Waals surface area contributed by atoms with E-state index in [-0.39, 0.29) is 5.69 Å². The first-order valence-electron chi connectivity index (χ1n) is 4.73. The number of ether oxygens (including phenoxy) is 1. The molecule has 10 heteroatoms. The fourth-order valence-electron chi connectivity index (χ4n) is 1.41. The molecule has 1 amide bonds. The Morgan fingerprint density at radius 1 is 1.42 bits per heavy atom. The molecule has 1 atom stereocenters. The predicted octanol–water partition coefficient (Wildman–Crippen LogP) is 1.18. The van der Waals surface area contributed by atoms with Gasteiger partial charge in [-0.2, -0.15) is 13.2 Å². The number of amides is 1. The normalized spacial score (nSPS) is 22.2. The summed E-state index contributed by atoms with van der Waals surface area (Å²) in [5, 5.41) is 21.5. The Balaban J connectivity index is 2.49. The molecule has 1 aromatic rings. The Morgan fingerprint density at radius 3 is 2.58 bits per heavy atom. The largest absolute Gasteiger partial charge is 0.465 e. The molecule has 1 heterocycles. The summed E-state index contributed by atoms with van der Waals surface area (Å²) in [7, 11) is 0. The molecule has 0 saturated carbocycles. The summed E-state index contributed by atoms with van der Waals surface area (Å²) in [4.78, 5) is 20.8. The minimum atomic E-state index is -5.39. The van der Waals surface area contributed by atoms with E-state index in [1.54, 1.807) is 5.32 Å². The summed E-state index contributed by atoms with van der Waals surface area (Å²) in [5.74, 6) is -6.54. The second kappa shape index (κ2) is 3.82. The van der Waals surface area contributed by atoms with Crippen LogP contribution in [0.5, 0.6) is 5.75 Å². The summed E-state index contributed by atoms with van der Waals surface area (Å²) in [5.41, 5.74) is -0.746. The summed E-state index contributed by atoms with van der Waals surface area (Å²) in [6, 6.07) is 2.65. The summed E-state index contributed by atoms with van der Waals surface area (Å²) >= 11 is 0.